The van der Waals surface area contributed by atoms with Crippen molar-refractivity contribution in [3.05, 3.63) is 52.2 Å². The topological polar surface area (TPSA) is 125 Å². The Balaban J connectivity index is 1.77. The number of hydrogen-bond acceptors (Lipinski definition) is 7. The van der Waals surface area contributed by atoms with Crippen LogP contribution >= 0.6 is 0 Å². The van der Waals surface area contributed by atoms with Gasteiger partial charge in [-0.05, 0) is 18.2 Å². The lowest BCUT2D eigenvalue weighted by atomic mass is 10.4. The maximum absolute atomic E-state index is 11.5. The zero-order valence-electron chi connectivity index (χ0n) is 10.6. The quantitative estimate of drug-likeness (QED) is 0.482. The minimum atomic E-state index is -0.962. The first-order chi connectivity index (χ1) is 10.1. The van der Waals surface area contributed by atoms with Gasteiger partial charge < -0.3 is 18.9 Å². The van der Waals surface area contributed by atoms with Crippen LogP contribution in [-0.2, 0) is 16.1 Å². The first-order valence-corrected chi connectivity index (χ1v) is 5.76. The molecule has 0 aliphatic heterocycles. The van der Waals surface area contributed by atoms with Gasteiger partial charge in [-0.1, -0.05) is 0 Å². The van der Waals surface area contributed by atoms with Crippen molar-refractivity contribution < 1.29 is 28.1 Å². The summed E-state index contributed by atoms with van der Waals surface area (Å²) < 4.78 is 14.3. The maximum atomic E-state index is 11.5. The number of ether oxygens (including phenoxy) is 1. The summed E-state index contributed by atoms with van der Waals surface area (Å²) in [5, 5.41) is 12.9. The third-order valence-corrected chi connectivity index (χ3v) is 2.35. The van der Waals surface area contributed by atoms with Gasteiger partial charge in [-0.25, -0.2) is 4.79 Å². The Labute approximate surface area is 117 Å². The van der Waals surface area contributed by atoms with Gasteiger partial charge in [0.2, 0.25) is 5.76 Å². The van der Waals surface area contributed by atoms with Crippen LogP contribution in [0.3, 0.4) is 0 Å². The number of amides is 1. The largest absolute Gasteiger partial charge is 0.467 e. The monoisotopic (exact) mass is 294 g/mol. The molecule has 0 fully saturated rings. The molecule has 2 aromatic rings. The van der Waals surface area contributed by atoms with Gasteiger partial charge >= 0.3 is 11.9 Å². The zero-order valence-corrected chi connectivity index (χ0v) is 10.6. The summed E-state index contributed by atoms with van der Waals surface area (Å²) in [5.41, 5.74) is 0. The Hall–Kier alpha value is -3.10. The normalized spacial score (nSPS) is 10.1. The van der Waals surface area contributed by atoms with E-state index in [0.717, 1.165) is 12.1 Å². The second kappa shape index (κ2) is 6.37. The minimum absolute atomic E-state index is 0.162. The molecule has 21 heavy (non-hydrogen) atoms. The molecule has 1 N–H and O–H groups in total. The molecule has 110 valence electrons. The smallest absolute Gasteiger partial charge is 0.433 e. The summed E-state index contributed by atoms with van der Waals surface area (Å²) in [5.74, 6) is -1.88. The molecule has 2 heterocycles. The van der Waals surface area contributed by atoms with E-state index < -0.39 is 29.3 Å². The molecule has 0 saturated carbocycles. The van der Waals surface area contributed by atoms with Crippen molar-refractivity contribution in [2.75, 3.05) is 6.61 Å². The van der Waals surface area contributed by atoms with E-state index in [1.807, 2.05) is 0 Å². The first-order valence-electron chi connectivity index (χ1n) is 5.76. The summed E-state index contributed by atoms with van der Waals surface area (Å²) in [6.45, 7) is -0.371. The van der Waals surface area contributed by atoms with Crippen molar-refractivity contribution in [3.8, 4) is 0 Å². The Morgan fingerprint density at radius 2 is 2.14 bits per heavy atom. The SMILES string of the molecule is O=C(COC(=O)c1ccc([N+](=O)[O-])o1)NCc1ccco1. The number of nitrogens with zero attached hydrogens (tertiary/aromatic N) is 1. The third-order valence-electron chi connectivity index (χ3n) is 2.35. The number of carbonyl (C=O) groups excluding carboxylic acids is 2. The standard InChI is InChI=1S/C12H10N2O7/c15-10(13-6-8-2-1-5-19-8)7-20-12(16)9-3-4-11(21-9)14(17)18/h1-5H,6-7H2,(H,13,15). The predicted molar refractivity (Wildman–Crippen MR) is 66.2 cm³/mol. The summed E-state index contributed by atoms with van der Waals surface area (Å²) in [6, 6.07) is 5.47. The molecular formula is C12H10N2O7. The lowest BCUT2D eigenvalue weighted by Gasteiger charge is -2.03. The van der Waals surface area contributed by atoms with E-state index in [2.05, 4.69) is 14.5 Å². The van der Waals surface area contributed by atoms with E-state index >= 15 is 0 Å². The molecular weight excluding hydrogens is 284 g/mol. The van der Waals surface area contributed by atoms with Gasteiger partial charge in [-0.3, -0.25) is 14.9 Å². The Morgan fingerprint density at radius 1 is 1.33 bits per heavy atom. The van der Waals surface area contributed by atoms with Gasteiger partial charge in [0.05, 0.1) is 18.9 Å². The van der Waals surface area contributed by atoms with Crippen LogP contribution in [-0.4, -0.2) is 23.4 Å². The fourth-order valence-corrected chi connectivity index (χ4v) is 1.39. The van der Waals surface area contributed by atoms with Crippen LogP contribution in [0, 0.1) is 10.1 Å². The zero-order chi connectivity index (χ0) is 15.2. The van der Waals surface area contributed by atoms with Gasteiger partial charge in [0.25, 0.3) is 5.91 Å². The van der Waals surface area contributed by atoms with E-state index in [1.165, 1.54) is 6.26 Å². The van der Waals surface area contributed by atoms with Crippen LogP contribution < -0.4 is 5.32 Å². The number of nitro groups is 1. The van der Waals surface area contributed by atoms with Crippen LogP contribution in [0.4, 0.5) is 5.88 Å². The van der Waals surface area contributed by atoms with Crippen LogP contribution in [0.15, 0.2) is 39.4 Å². The Morgan fingerprint density at radius 3 is 2.76 bits per heavy atom. The number of carbonyl (C=O) groups is 2. The molecule has 0 bridgehead atoms. The molecule has 0 atom stereocenters. The van der Waals surface area contributed by atoms with E-state index in [0.29, 0.717) is 5.76 Å². The summed E-state index contributed by atoms with van der Waals surface area (Å²) in [6.07, 6.45) is 1.46. The average molecular weight is 294 g/mol. The Kier molecular flexibility index (Phi) is 4.34. The molecule has 0 aliphatic rings. The highest BCUT2D eigenvalue weighted by molar-refractivity contribution is 5.89. The highest BCUT2D eigenvalue weighted by Gasteiger charge is 2.19. The molecule has 2 aromatic heterocycles. The number of rotatable bonds is 6. The molecule has 0 aliphatic carbocycles. The van der Waals surface area contributed by atoms with Crippen molar-refractivity contribution >= 4 is 17.8 Å². The number of nitrogens with one attached hydrogen (secondary N) is 1. The lowest BCUT2D eigenvalue weighted by molar-refractivity contribution is -0.402. The predicted octanol–water partition coefficient (Wildman–Crippen LogP) is 1.25. The second-order valence-electron chi connectivity index (χ2n) is 3.83. The summed E-state index contributed by atoms with van der Waals surface area (Å²) in [7, 11) is 0. The molecule has 0 radical (unpaired) electrons. The third kappa shape index (κ3) is 3.93. The Bertz CT molecular complexity index is 644. The summed E-state index contributed by atoms with van der Waals surface area (Å²) >= 11 is 0. The van der Waals surface area contributed by atoms with Gasteiger partial charge in [0.15, 0.2) is 6.61 Å². The van der Waals surface area contributed by atoms with Crippen molar-refractivity contribution in [3.63, 3.8) is 0 Å². The average Bonchev–Trinajstić information content (AvgIpc) is 3.12. The van der Waals surface area contributed by atoms with Crippen molar-refractivity contribution in [1.82, 2.24) is 5.32 Å². The number of hydrogen-bond donors (Lipinski definition) is 1. The molecule has 0 saturated heterocycles. The summed E-state index contributed by atoms with van der Waals surface area (Å²) in [4.78, 5) is 32.5. The fraction of sp³-hybridized carbons (Fsp3) is 0.167. The van der Waals surface area contributed by atoms with Gasteiger partial charge in [-0.15, -0.1) is 0 Å². The van der Waals surface area contributed by atoms with Gasteiger partial charge in [-0.2, -0.15) is 0 Å². The van der Waals surface area contributed by atoms with Crippen LogP contribution in [0.2, 0.25) is 0 Å². The maximum Gasteiger partial charge on any atom is 0.433 e. The highest BCUT2D eigenvalue weighted by Crippen LogP contribution is 2.16. The van der Waals surface area contributed by atoms with E-state index in [-0.39, 0.29) is 12.3 Å². The molecule has 0 spiro atoms. The first kappa shape index (κ1) is 14.3. The number of furan rings is 2. The van der Waals surface area contributed by atoms with Crippen molar-refractivity contribution in [2.24, 2.45) is 0 Å². The van der Waals surface area contributed by atoms with Gasteiger partial charge in [0.1, 0.15) is 10.7 Å². The number of esters is 1. The van der Waals surface area contributed by atoms with Crippen LogP contribution in [0.1, 0.15) is 16.3 Å². The lowest BCUT2D eigenvalue weighted by Crippen LogP contribution is -2.28. The second-order valence-corrected chi connectivity index (χ2v) is 3.83. The van der Waals surface area contributed by atoms with E-state index in [9.17, 15) is 19.7 Å². The van der Waals surface area contributed by atoms with Crippen LogP contribution in [0.5, 0.6) is 0 Å². The molecule has 2 rings (SSSR count). The molecule has 0 aromatic carbocycles. The van der Waals surface area contributed by atoms with Crippen LogP contribution in [0.25, 0.3) is 0 Å². The van der Waals surface area contributed by atoms with E-state index in [4.69, 9.17) is 4.42 Å². The molecule has 9 nitrogen and oxygen atoms in total. The molecule has 1 amide bonds. The molecule has 9 heteroatoms. The fourth-order valence-electron chi connectivity index (χ4n) is 1.39. The van der Waals surface area contributed by atoms with E-state index in [1.54, 1.807) is 12.1 Å². The molecule has 0 unspecified atom stereocenters. The minimum Gasteiger partial charge on any atom is -0.467 e. The highest BCUT2D eigenvalue weighted by atomic mass is 16.7. The van der Waals surface area contributed by atoms with Crippen molar-refractivity contribution in [1.29, 1.82) is 0 Å². The van der Waals surface area contributed by atoms with Gasteiger partial charge in [0, 0.05) is 0 Å². The van der Waals surface area contributed by atoms with Crippen molar-refractivity contribution in [2.45, 2.75) is 6.54 Å².